The van der Waals surface area contributed by atoms with Crippen molar-refractivity contribution >= 4 is 5.69 Å². The van der Waals surface area contributed by atoms with E-state index in [0.29, 0.717) is 6.54 Å². The molecule has 0 unspecified atom stereocenters. The van der Waals surface area contributed by atoms with E-state index in [2.05, 4.69) is 46.6 Å². The van der Waals surface area contributed by atoms with Crippen molar-refractivity contribution in [1.82, 2.24) is 14.8 Å². The third-order valence-electron chi connectivity index (χ3n) is 4.35. The Morgan fingerprint density at radius 3 is 2.72 bits per heavy atom. The number of anilines is 1. The summed E-state index contributed by atoms with van der Waals surface area (Å²) >= 11 is 0. The van der Waals surface area contributed by atoms with Crippen LogP contribution < -0.4 is 10.1 Å². The average molecular weight is 336 g/mol. The van der Waals surface area contributed by atoms with Gasteiger partial charge in [0.1, 0.15) is 0 Å². The van der Waals surface area contributed by atoms with Crippen LogP contribution in [-0.4, -0.2) is 21.9 Å². The molecule has 0 aliphatic carbocycles. The molecule has 1 aromatic carbocycles. The summed E-state index contributed by atoms with van der Waals surface area (Å²) in [5.41, 5.74) is 6.71. The van der Waals surface area contributed by atoms with Crippen molar-refractivity contribution in [3.8, 4) is 5.88 Å². The lowest BCUT2D eigenvalue weighted by molar-refractivity contribution is 0.370. The number of pyridine rings is 1. The zero-order valence-corrected chi connectivity index (χ0v) is 15.2. The van der Waals surface area contributed by atoms with E-state index in [9.17, 15) is 0 Å². The van der Waals surface area contributed by atoms with Crippen LogP contribution in [0.5, 0.6) is 5.88 Å². The van der Waals surface area contributed by atoms with Gasteiger partial charge in [0.05, 0.1) is 18.4 Å². The van der Waals surface area contributed by atoms with E-state index in [1.54, 1.807) is 11.8 Å². The molecule has 3 rings (SSSR count). The van der Waals surface area contributed by atoms with Crippen molar-refractivity contribution in [2.24, 2.45) is 7.05 Å². The lowest BCUT2D eigenvalue weighted by Gasteiger charge is -2.12. The molecule has 5 nitrogen and oxygen atoms in total. The van der Waals surface area contributed by atoms with Crippen molar-refractivity contribution in [2.45, 2.75) is 26.8 Å². The molecule has 130 valence electrons. The number of ether oxygens (including phenoxy) is 1. The van der Waals surface area contributed by atoms with Crippen molar-refractivity contribution in [1.29, 1.82) is 0 Å². The van der Waals surface area contributed by atoms with Crippen LogP contribution >= 0.6 is 0 Å². The van der Waals surface area contributed by atoms with Gasteiger partial charge in [0.2, 0.25) is 5.88 Å². The number of hydrogen-bond acceptors (Lipinski definition) is 4. The number of methoxy groups -OCH3 is 1. The molecule has 0 amide bonds. The summed E-state index contributed by atoms with van der Waals surface area (Å²) in [6.45, 7) is 4.79. The Bertz CT molecular complexity index is 856. The second-order valence-corrected chi connectivity index (χ2v) is 6.20. The van der Waals surface area contributed by atoms with Crippen LogP contribution in [0.1, 0.15) is 28.1 Å². The minimum absolute atomic E-state index is 0.677. The predicted octanol–water partition coefficient (Wildman–Crippen LogP) is 3.64. The molecule has 0 aliphatic heterocycles. The van der Waals surface area contributed by atoms with Crippen LogP contribution in [0.15, 0.2) is 42.6 Å². The monoisotopic (exact) mass is 336 g/mol. The molecule has 0 fully saturated rings. The Kier molecular flexibility index (Phi) is 5.03. The Morgan fingerprint density at radius 1 is 1.16 bits per heavy atom. The molecule has 0 atom stereocenters. The van der Waals surface area contributed by atoms with E-state index in [1.807, 2.05) is 32.3 Å². The van der Waals surface area contributed by atoms with Gasteiger partial charge in [-0.1, -0.05) is 18.2 Å². The number of nitrogens with zero attached hydrogens (tertiary/aromatic N) is 3. The lowest BCUT2D eigenvalue weighted by Crippen LogP contribution is -2.05. The second kappa shape index (κ2) is 7.38. The van der Waals surface area contributed by atoms with Crippen LogP contribution in [0.4, 0.5) is 5.69 Å². The Morgan fingerprint density at radius 2 is 2.00 bits per heavy atom. The summed E-state index contributed by atoms with van der Waals surface area (Å²) in [5, 5.41) is 7.96. The van der Waals surface area contributed by atoms with Gasteiger partial charge >= 0.3 is 0 Å². The van der Waals surface area contributed by atoms with Crippen molar-refractivity contribution in [3.63, 3.8) is 0 Å². The Balaban J connectivity index is 1.78. The Hall–Kier alpha value is -2.82. The van der Waals surface area contributed by atoms with E-state index < -0.39 is 0 Å². The van der Waals surface area contributed by atoms with Gasteiger partial charge in [0, 0.05) is 37.6 Å². The van der Waals surface area contributed by atoms with Crippen LogP contribution in [0.25, 0.3) is 0 Å². The van der Waals surface area contributed by atoms with E-state index in [1.165, 1.54) is 11.1 Å². The molecule has 0 saturated heterocycles. The number of benzene rings is 1. The fourth-order valence-electron chi connectivity index (χ4n) is 3.00. The van der Waals surface area contributed by atoms with Crippen molar-refractivity contribution in [2.75, 3.05) is 12.4 Å². The number of hydrogen-bond donors (Lipinski definition) is 1. The standard InChI is InChI=1S/C20H24N4O/c1-14-8-9-16(11-17-7-5-6-10-21-17)12-19(14)22-13-18-15(2)23-24(3)20(18)25-4/h5-10,12,22H,11,13H2,1-4H3. The number of nitrogens with one attached hydrogen (secondary N) is 1. The van der Waals surface area contributed by atoms with E-state index in [-0.39, 0.29) is 0 Å². The third-order valence-corrected chi connectivity index (χ3v) is 4.35. The molecular formula is C20H24N4O. The number of aryl methyl sites for hydroxylation is 3. The average Bonchev–Trinajstić information content (AvgIpc) is 2.89. The maximum Gasteiger partial charge on any atom is 0.216 e. The topological polar surface area (TPSA) is 52.0 Å². The number of aromatic nitrogens is 3. The largest absolute Gasteiger partial charge is 0.481 e. The van der Waals surface area contributed by atoms with E-state index in [0.717, 1.165) is 34.9 Å². The third kappa shape index (κ3) is 3.82. The molecule has 25 heavy (non-hydrogen) atoms. The van der Waals surface area contributed by atoms with Gasteiger partial charge < -0.3 is 10.1 Å². The van der Waals surface area contributed by atoms with Gasteiger partial charge in [-0.25, -0.2) is 4.68 Å². The summed E-state index contributed by atoms with van der Waals surface area (Å²) in [4.78, 5) is 4.41. The van der Waals surface area contributed by atoms with E-state index in [4.69, 9.17) is 4.74 Å². The molecule has 5 heteroatoms. The molecule has 0 aliphatic rings. The zero-order chi connectivity index (χ0) is 17.8. The van der Waals surface area contributed by atoms with Gasteiger partial charge in [-0.3, -0.25) is 4.98 Å². The molecule has 0 bridgehead atoms. The smallest absolute Gasteiger partial charge is 0.216 e. The summed E-state index contributed by atoms with van der Waals surface area (Å²) in [5.74, 6) is 0.798. The van der Waals surface area contributed by atoms with Crippen molar-refractivity contribution in [3.05, 3.63) is 70.7 Å². The quantitative estimate of drug-likeness (QED) is 0.747. The fourth-order valence-corrected chi connectivity index (χ4v) is 3.00. The van der Waals surface area contributed by atoms with Crippen LogP contribution in [0.2, 0.25) is 0 Å². The Labute approximate surface area is 148 Å². The highest BCUT2D eigenvalue weighted by Crippen LogP contribution is 2.24. The fraction of sp³-hybridized carbons (Fsp3) is 0.300. The highest BCUT2D eigenvalue weighted by atomic mass is 16.5. The first-order valence-corrected chi connectivity index (χ1v) is 8.38. The highest BCUT2D eigenvalue weighted by Gasteiger charge is 2.14. The minimum Gasteiger partial charge on any atom is -0.481 e. The normalized spacial score (nSPS) is 10.7. The molecular weight excluding hydrogens is 312 g/mol. The van der Waals surface area contributed by atoms with Gasteiger partial charge in [-0.2, -0.15) is 5.10 Å². The van der Waals surface area contributed by atoms with E-state index >= 15 is 0 Å². The molecule has 2 aromatic heterocycles. The molecule has 1 N–H and O–H groups in total. The maximum absolute atomic E-state index is 5.47. The summed E-state index contributed by atoms with van der Waals surface area (Å²) in [6.07, 6.45) is 2.66. The SMILES string of the molecule is COc1c(CNc2cc(Cc3ccccn3)ccc2C)c(C)nn1C. The molecule has 0 radical (unpaired) electrons. The van der Waals surface area contributed by atoms with Gasteiger partial charge in [0.15, 0.2) is 0 Å². The van der Waals surface area contributed by atoms with Gasteiger partial charge in [-0.15, -0.1) is 0 Å². The first-order chi connectivity index (χ1) is 12.1. The summed E-state index contributed by atoms with van der Waals surface area (Å²) < 4.78 is 7.25. The lowest BCUT2D eigenvalue weighted by atomic mass is 10.1. The maximum atomic E-state index is 5.47. The minimum atomic E-state index is 0.677. The number of rotatable bonds is 6. The second-order valence-electron chi connectivity index (χ2n) is 6.20. The highest BCUT2D eigenvalue weighted by molar-refractivity contribution is 5.54. The zero-order valence-electron chi connectivity index (χ0n) is 15.2. The molecule has 2 heterocycles. The summed E-state index contributed by atoms with van der Waals surface area (Å²) in [7, 11) is 3.58. The van der Waals surface area contributed by atoms with Crippen LogP contribution in [0.3, 0.4) is 0 Å². The first kappa shape index (κ1) is 17.0. The molecule has 0 saturated carbocycles. The first-order valence-electron chi connectivity index (χ1n) is 8.38. The van der Waals surface area contributed by atoms with Gasteiger partial charge in [0.25, 0.3) is 0 Å². The van der Waals surface area contributed by atoms with Crippen LogP contribution in [-0.2, 0) is 20.0 Å². The van der Waals surface area contributed by atoms with Gasteiger partial charge in [-0.05, 0) is 43.2 Å². The van der Waals surface area contributed by atoms with Crippen LogP contribution in [0, 0.1) is 13.8 Å². The molecule has 3 aromatic rings. The predicted molar refractivity (Wildman–Crippen MR) is 100 cm³/mol. The van der Waals surface area contributed by atoms with Crippen molar-refractivity contribution < 1.29 is 4.74 Å². The molecule has 0 spiro atoms. The summed E-state index contributed by atoms with van der Waals surface area (Å²) in [6, 6.07) is 12.5.